The highest BCUT2D eigenvalue weighted by atomic mass is 79.9. The highest BCUT2D eigenvalue weighted by Gasteiger charge is 2.34. The molecule has 0 saturated carbocycles. The molecule has 2 aliphatic rings. The van der Waals surface area contributed by atoms with Crippen LogP contribution in [0.1, 0.15) is 19.8 Å². The van der Waals surface area contributed by atoms with E-state index in [9.17, 15) is 0 Å². The van der Waals surface area contributed by atoms with E-state index in [1.807, 2.05) is 12.1 Å². The first-order chi connectivity index (χ1) is 8.65. The Bertz CT molecular complexity index is 451. The van der Waals surface area contributed by atoms with Crippen LogP contribution in [0.25, 0.3) is 0 Å². The quantitative estimate of drug-likeness (QED) is 0.774. The van der Waals surface area contributed by atoms with Crippen molar-refractivity contribution in [3.63, 3.8) is 0 Å². The molecule has 2 saturated heterocycles. The normalized spacial score (nSPS) is 28.5. The highest BCUT2D eigenvalue weighted by Crippen LogP contribution is 2.34. The third kappa shape index (κ3) is 2.28. The first-order valence-electron chi connectivity index (χ1n) is 6.61. The van der Waals surface area contributed by atoms with E-state index in [0.717, 1.165) is 22.1 Å². The zero-order chi connectivity index (χ0) is 12.7. The van der Waals surface area contributed by atoms with Gasteiger partial charge in [-0.2, -0.15) is 0 Å². The Hall–Kier alpha value is -0.250. The van der Waals surface area contributed by atoms with Gasteiger partial charge < -0.3 is 4.90 Å². The Morgan fingerprint density at radius 2 is 2.17 bits per heavy atom. The molecule has 2 aliphatic heterocycles. The molecule has 2 fully saturated rings. The van der Waals surface area contributed by atoms with Crippen LogP contribution in [0.5, 0.6) is 0 Å². The van der Waals surface area contributed by atoms with Gasteiger partial charge in [0.05, 0.1) is 5.69 Å². The maximum atomic E-state index is 6.02. The summed E-state index contributed by atoms with van der Waals surface area (Å²) in [6, 6.07) is 7.41. The number of fused-ring (bicyclic) bond motifs is 1. The van der Waals surface area contributed by atoms with Crippen molar-refractivity contribution in [2.45, 2.75) is 31.8 Å². The van der Waals surface area contributed by atoms with Gasteiger partial charge in [0.15, 0.2) is 0 Å². The van der Waals surface area contributed by atoms with Gasteiger partial charge in [0.25, 0.3) is 0 Å². The molecule has 0 amide bonds. The summed E-state index contributed by atoms with van der Waals surface area (Å²) in [5.74, 6) is 0. The van der Waals surface area contributed by atoms with Gasteiger partial charge >= 0.3 is 0 Å². The number of halogens is 2. The lowest BCUT2D eigenvalue weighted by Gasteiger charge is -2.44. The van der Waals surface area contributed by atoms with Crippen LogP contribution in [0.2, 0.25) is 5.02 Å². The lowest BCUT2D eigenvalue weighted by atomic mass is 10.1. The standard InChI is InChI=1S/C14H18BrClN2/c1-10-8-17-6-2-3-12(17)9-18(10)14-5-4-11(16)7-13(14)15/h4-5,7,10,12H,2-3,6,8-9H2,1H3. The van der Waals surface area contributed by atoms with Crippen molar-refractivity contribution < 1.29 is 0 Å². The third-order valence-electron chi connectivity index (χ3n) is 4.16. The summed E-state index contributed by atoms with van der Waals surface area (Å²) in [5.41, 5.74) is 1.28. The highest BCUT2D eigenvalue weighted by molar-refractivity contribution is 9.10. The number of anilines is 1. The molecule has 0 bridgehead atoms. The van der Waals surface area contributed by atoms with Crippen LogP contribution in [0.15, 0.2) is 22.7 Å². The summed E-state index contributed by atoms with van der Waals surface area (Å²) in [6.07, 6.45) is 2.70. The maximum absolute atomic E-state index is 6.02. The minimum absolute atomic E-state index is 0.567. The number of hydrogen-bond acceptors (Lipinski definition) is 2. The molecule has 0 aliphatic carbocycles. The van der Waals surface area contributed by atoms with Gasteiger partial charge in [-0.25, -0.2) is 0 Å². The molecule has 1 aromatic carbocycles. The van der Waals surface area contributed by atoms with E-state index in [2.05, 4.69) is 38.7 Å². The minimum Gasteiger partial charge on any atom is -0.365 e. The second-order valence-electron chi connectivity index (χ2n) is 5.39. The van der Waals surface area contributed by atoms with Gasteiger partial charge in [-0.1, -0.05) is 11.6 Å². The van der Waals surface area contributed by atoms with E-state index in [1.54, 1.807) is 0 Å². The zero-order valence-corrected chi connectivity index (χ0v) is 12.9. The summed E-state index contributed by atoms with van der Waals surface area (Å²) in [4.78, 5) is 5.16. The second kappa shape index (κ2) is 5.03. The maximum Gasteiger partial charge on any atom is 0.0515 e. The SMILES string of the molecule is CC1CN2CCCC2CN1c1ccc(Cl)cc1Br. The Morgan fingerprint density at radius 3 is 2.94 bits per heavy atom. The van der Waals surface area contributed by atoms with E-state index >= 15 is 0 Å². The Balaban J connectivity index is 1.86. The lowest BCUT2D eigenvalue weighted by Crippen LogP contribution is -2.55. The fraction of sp³-hybridized carbons (Fsp3) is 0.571. The molecule has 0 spiro atoms. The summed E-state index contributed by atoms with van der Waals surface area (Å²) in [7, 11) is 0. The van der Waals surface area contributed by atoms with Crippen LogP contribution in [0.4, 0.5) is 5.69 Å². The predicted octanol–water partition coefficient (Wildman–Crippen LogP) is 3.78. The van der Waals surface area contributed by atoms with E-state index in [-0.39, 0.29) is 0 Å². The van der Waals surface area contributed by atoms with Crippen molar-refractivity contribution >= 4 is 33.2 Å². The molecule has 0 aromatic heterocycles. The molecule has 2 unspecified atom stereocenters. The number of nitrogens with zero attached hydrogens (tertiary/aromatic N) is 2. The van der Waals surface area contributed by atoms with E-state index in [0.29, 0.717) is 6.04 Å². The topological polar surface area (TPSA) is 6.48 Å². The van der Waals surface area contributed by atoms with Crippen molar-refractivity contribution in [1.82, 2.24) is 4.90 Å². The molecule has 18 heavy (non-hydrogen) atoms. The molecule has 2 atom stereocenters. The fourth-order valence-corrected chi connectivity index (χ4v) is 4.15. The second-order valence-corrected chi connectivity index (χ2v) is 6.68. The number of benzene rings is 1. The summed E-state index contributed by atoms with van der Waals surface area (Å²) in [6.45, 7) is 5.92. The molecule has 4 heteroatoms. The van der Waals surface area contributed by atoms with Gasteiger partial charge in [0.1, 0.15) is 0 Å². The van der Waals surface area contributed by atoms with Crippen LogP contribution in [-0.4, -0.2) is 36.6 Å². The van der Waals surface area contributed by atoms with E-state index in [1.165, 1.54) is 31.6 Å². The van der Waals surface area contributed by atoms with Gasteiger partial charge in [-0.05, 0) is 60.4 Å². The molecule has 3 rings (SSSR count). The Kier molecular flexibility index (Phi) is 3.57. The zero-order valence-electron chi connectivity index (χ0n) is 10.6. The lowest BCUT2D eigenvalue weighted by molar-refractivity contribution is 0.203. The Labute approximate surface area is 122 Å². The van der Waals surface area contributed by atoms with Crippen LogP contribution < -0.4 is 4.90 Å². The van der Waals surface area contributed by atoms with Crippen molar-refractivity contribution in [2.75, 3.05) is 24.5 Å². The molecular formula is C14H18BrClN2. The molecular weight excluding hydrogens is 312 g/mol. The Morgan fingerprint density at radius 1 is 1.33 bits per heavy atom. The first-order valence-corrected chi connectivity index (χ1v) is 7.78. The average Bonchev–Trinajstić information content (AvgIpc) is 2.75. The molecule has 2 heterocycles. The van der Waals surface area contributed by atoms with Crippen LogP contribution >= 0.6 is 27.5 Å². The monoisotopic (exact) mass is 328 g/mol. The largest absolute Gasteiger partial charge is 0.365 e. The predicted molar refractivity (Wildman–Crippen MR) is 80.6 cm³/mol. The number of hydrogen-bond donors (Lipinski definition) is 0. The van der Waals surface area contributed by atoms with Crippen LogP contribution in [0.3, 0.4) is 0 Å². The van der Waals surface area contributed by atoms with Crippen molar-refractivity contribution in [1.29, 1.82) is 0 Å². The van der Waals surface area contributed by atoms with Crippen molar-refractivity contribution in [3.05, 3.63) is 27.7 Å². The van der Waals surface area contributed by atoms with Crippen molar-refractivity contribution in [2.24, 2.45) is 0 Å². The molecule has 1 aromatic rings. The van der Waals surface area contributed by atoms with Gasteiger partial charge in [-0.3, -0.25) is 4.90 Å². The summed E-state index contributed by atoms with van der Waals surface area (Å²) >= 11 is 9.67. The minimum atomic E-state index is 0.567. The van der Waals surface area contributed by atoms with E-state index in [4.69, 9.17) is 11.6 Å². The summed E-state index contributed by atoms with van der Waals surface area (Å²) in [5, 5.41) is 0.790. The fourth-order valence-electron chi connectivity index (χ4n) is 3.24. The smallest absolute Gasteiger partial charge is 0.0515 e. The average molecular weight is 330 g/mol. The van der Waals surface area contributed by atoms with Crippen LogP contribution in [0, 0.1) is 0 Å². The van der Waals surface area contributed by atoms with Gasteiger partial charge in [-0.15, -0.1) is 0 Å². The van der Waals surface area contributed by atoms with Crippen LogP contribution in [-0.2, 0) is 0 Å². The molecule has 0 N–H and O–H groups in total. The number of rotatable bonds is 1. The van der Waals surface area contributed by atoms with Gasteiger partial charge in [0, 0.05) is 34.7 Å². The number of piperazine rings is 1. The molecule has 2 nitrogen and oxygen atoms in total. The van der Waals surface area contributed by atoms with E-state index < -0.39 is 0 Å². The summed E-state index contributed by atoms with van der Waals surface area (Å²) < 4.78 is 1.10. The van der Waals surface area contributed by atoms with Gasteiger partial charge in [0.2, 0.25) is 0 Å². The third-order valence-corrected chi connectivity index (χ3v) is 5.03. The van der Waals surface area contributed by atoms with Crippen molar-refractivity contribution in [3.8, 4) is 0 Å². The molecule has 98 valence electrons. The first kappa shape index (κ1) is 12.8. The molecule has 0 radical (unpaired) electrons.